The Hall–Kier alpha value is -2.98. The molecule has 2 aliphatic heterocycles. The number of amides is 2. The van der Waals surface area contributed by atoms with E-state index in [0.29, 0.717) is 13.0 Å². The second-order valence-electron chi connectivity index (χ2n) is 7.41. The number of benzene rings is 1. The Kier molecular flexibility index (Phi) is 5.44. The van der Waals surface area contributed by atoms with Crippen molar-refractivity contribution < 1.29 is 28.2 Å². The molecule has 2 amide bonds. The lowest BCUT2D eigenvalue weighted by Gasteiger charge is -2.44. The van der Waals surface area contributed by atoms with Crippen LogP contribution in [0.2, 0.25) is 5.02 Å². The van der Waals surface area contributed by atoms with E-state index in [1.165, 1.54) is 15.7 Å². The van der Waals surface area contributed by atoms with E-state index in [1.54, 1.807) is 7.05 Å². The van der Waals surface area contributed by atoms with Crippen LogP contribution in [0.3, 0.4) is 0 Å². The van der Waals surface area contributed by atoms with Crippen LogP contribution in [0, 0.1) is 11.6 Å². The molecule has 3 heterocycles. The molecule has 0 bridgehead atoms. The van der Waals surface area contributed by atoms with Gasteiger partial charge < -0.3 is 24.6 Å². The Morgan fingerprint density at radius 1 is 1.32 bits per heavy atom. The maximum absolute atomic E-state index is 14.1. The van der Waals surface area contributed by atoms with Gasteiger partial charge in [-0.25, -0.2) is 8.78 Å². The van der Waals surface area contributed by atoms with Gasteiger partial charge in [0.2, 0.25) is 5.43 Å². The molecule has 1 aromatic carbocycles. The Bertz CT molecular complexity index is 1150. The van der Waals surface area contributed by atoms with Crippen molar-refractivity contribution in [3.63, 3.8) is 0 Å². The summed E-state index contributed by atoms with van der Waals surface area (Å²) in [6, 6.07) is 1.47. The van der Waals surface area contributed by atoms with Crippen LogP contribution in [0.1, 0.15) is 38.9 Å². The highest BCUT2D eigenvalue weighted by atomic mass is 35.5. The molecule has 2 aliphatic rings. The molecule has 0 saturated carbocycles. The standard InChI is InChI=1S/C20H18ClF2N3O5/c1-25-13-8-31-5-4-12(13)26-7-10(17(27)18(28)16(26)20(25)30)19(29)24-6-9-2-3-11(22)14(21)15(9)23/h2-3,7,12-13,28H,4-6,8H2,1H3,(H,24,29)/t12-,13-/m1/s1. The third-order valence-electron chi connectivity index (χ3n) is 5.68. The fraction of sp³-hybridized carbons (Fsp3) is 0.350. The highest BCUT2D eigenvalue weighted by Crippen LogP contribution is 2.34. The van der Waals surface area contributed by atoms with Crippen molar-refractivity contribution >= 4 is 23.4 Å². The number of nitrogens with zero attached hydrogens (tertiary/aromatic N) is 2. The molecule has 8 nitrogen and oxygen atoms in total. The van der Waals surface area contributed by atoms with Gasteiger partial charge in [-0.05, 0) is 12.5 Å². The summed E-state index contributed by atoms with van der Waals surface area (Å²) in [6.45, 7) is 0.335. The minimum absolute atomic E-state index is 0.0803. The van der Waals surface area contributed by atoms with Gasteiger partial charge in [0.1, 0.15) is 22.2 Å². The summed E-state index contributed by atoms with van der Waals surface area (Å²) in [5, 5.41) is 12.1. The van der Waals surface area contributed by atoms with E-state index < -0.39 is 45.2 Å². The zero-order valence-corrected chi connectivity index (χ0v) is 17.1. The van der Waals surface area contributed by atoms with E-state index in [9.17, 15) is 28.3 Å². The molecule has 0 unspecified atom stereocenters. The molecule has 31 heavy (non-hydrogen) atoms. The lowest BCUT2D eigenvalue weighted by Crippen LogP contribution is -2.54. The van der Waals surface area contributed by atoms with Crippen molar-refractivity contribution in [3.8, 4) is 5.75 Å². The third-order valence-corrected chi connectivity index (χ3v) is 6.02. The number of ether oxygens (including phenoxy) is 1. The van der Waals surface area contributed by atoms with E-state index >= 15 is 0 Å². The number of rotatable bonds is 3. The van der Waals surface area contributed by atoms with Crippen LogP contribution in [0.15, 0.2) is 23.1 Å². The highest BCUT2D eigenvalue weighted by Gasteiger charge is 2.42. The molecule has 2 atom stereocenters. The van der Waals surface area contributed by atoms with Crippen LogP contribution in [0.25, 0.3) is 0 Å². The van der Waals surface area contributed by atoms with Gasteiger partial charge in [-0.1, -0.05) is 17.7 Å². The number of hydrogen-bond donors (Lipinski definition) is 2. The number of aromatic hydroxyl groups is 1. The number of aromatic nitrogens is 1. The van der Waals surface area contributed by atoms with Gasteiger partial charge in [0, 0.05) is 32.0 Å². The number of likely N-dealkylation sites (N-methyl/N-ethyl adjacent to an activating group) is 1. The van der Waals surface area contributed by atoms with Gasteiger partial charge in [0.15, 0.2) is 11.4 Å². The topological polar surface area (TPSA) is 101 Å². The van der Waals surface area contributed by atoms with Crippen molar-refractivity contribution in [3.05, 3.63) is 62.0 Å². The summed E-state index contributed by atoms with van der Waals surface area (Å²) in [5.74, 6) is -4.23. The van der Waals surface area contributed by atoms with E-state index in [4.69, 9.17) is 16.3 Å². The summed E-state index contributed by atoms with van der Waals surface area (Å²) in [7, 11) is 1.56. The minimum atomic E-state index is -1.02. The number of fused-ring (bicyclic) bond motifs is 3. The van der Waals surface area contributed by atoms with Crippen LogP contribution in [0.5, 0.6) is 5.75 Å². The number of nitrogens with one attached hydrogen (secondary N) is 1. The van der Waals surface area contributed by atoms with Crippen LogP contribution < -0.4 is 10.7 Å². The molecule has 1 saturated heterocycles. The van der Waals surface area contributed by atoms with Crippen molar-refractivity contribution in [1.29, 1.82) is 0 Å². The molecule has 2 aromatic rings. The quantitative estimate of drug-likeness (QED) is 0.691. The molecule has 0 aliphatic carbocycles. The first-order chi connectivity index (χ1) is 14.7. The van der Waals surface area contributed by atoms with Crippen LogP contribution in [-0.4, -0.2) is 52.7 Å². The fourth-order valence-corrected chi connectivity index (χ4v) is 4.14. The van der Waals surface area contributed by atoms with Gasteiger partial charge in [-0.15, -0.1) is 0 Å². The first kappa shape index (κ1) is 21.3. The van der Waals surface area contributed by atoms with E-state index in [1.807, 2.05) is 0 Å². The van der Waals surface area contributed by atoms with Crippen molar-refractivity contribution in [1.82, 2.24) is 14.8 Å². The Labute approximate surface area is 180 Å². The molecule has 0 radical (unpaired) electrons. The first-order valence-corrected chi connectivity index (χ1v) is 9.83. The molecule has 1 aromatic heterocycles. The lowest BCUT2D eigenvalue weighted by atomic mass is 9.96. The molecule has 164 valence electrons. The normalized spacial score (nSPS) is 20.3. The number of carbonyl (C=O) groups excluding carboxylic acids is 2. The SMILES string of the molecule is CN1C(=O)c2c(O)c(=O)c(C(=O)NCc3ccc(F)c(Cl)c3F)cn2[C@@H]2CCOC[C@H]21. The van der Waals surface area contributed by atoms with Gasteiger partial charge in [-0.2, -0.15) is 0 Å². The summed E-state index contributed by atoms with van der Waals surface area (Å²) in [5.41, 5.74) is -1.70. The average Bonchev–Trinajstić information content (AvgIpc) is 2.77. The maximum atomic E-state index is 14.1. The Balaban J connectivity index is 1.68. The molecule has 2 N–H and O–H groups in total. The second kappa shape index (κ2) is 7.93. The molecule has 1 fully saturated rings. The monoisotopic (exact) mass is 453 g/mol. The zero-order valence-electron chi connectivity index (χ0n) is 16.3. The van der Waals surface area contributed by atoms with Crippen LogP contribution in [0.4, 0.5) is 8.78 Å². The maximum Gasteiger partial charge on any atom is 0.274 e. The van der Waals surface area contributed by atoms with E-state index in [0.717, 1.165) is 12.1 Å². The summed E-state index contributed by atoms with van der Waals surface area (Å²) in [4.78, 5) is 39.4. The van der Waals surface area contributed by atoms with Crippen LogP contribution >= 0.6 is 11.6 Å². The molecule has 11 heteroatoms. The number of carbonyl (C=O) groups is 2. The summed E-state index contributed by atoms with van der Waals surface area (Å²) < 4.78 is 34.2. The van der Waals surface area contributed by atoms with Crippen molar-refractivity contribution in [2.45, 2.75) is 25.0 Å². The third kappa shape index (κ3) is 3.45. The predicted molar refractivity (Wildman–Crippen MR) is 105 cm³/mol. The summed E-state index contributed by atoms with van der Waals surface area (Å²) >= 11 is 5.54. The van der Waals surface area contributed by atoms with Gasteiger partial charge in [-0.3, -0.25) is 14.4 Å². The van der Waals surface area contributed by atoms with Crippen LogP contribution in [-0.2, 0) is 11.3 Å². The smallest absolute Gasteiger partial charge is 0.274 e. The molecule has 4 rings (SSSR count). The second-order valence-corrected chi connectivity index (χ2v) is 7.79. The first-order valence-electron chi connectivity index (χ1n) is 9.46. The molecular formula is C20H18ClF2N3O5. The number of hydrogen-bond acceptors (Lipinski definition) is 5. The molecular weight excluding hydrogens is 436 g/mol. The number of halogens is 3. The zero-order chi connectivity index (χ0) is 22.4. The minimum Gasteiger partial charge on any atom is -0.503 e. The Morgan fingerprint density at radius 3 is 2.81 bits per heavy atom. The van der Waals surface area contributed by atoms with Gasteiger partial charge >= 0.3 is 0 Å². The lowest BCUT2D eigenvalue weighted by molar-refractivity contribution is -0.0115. The highest BCUT2D eigenvalue weighted by molar-refractivity contribution is 6.30. The molecule has 0 spiro atoms. The van der Waals surface area contributed by atoms with E-state index in [2.05, 4.69) is 5.32 Å². The predicted octanol–water partition coefficient (Wildman–Crippen LogP) is 1.83. The summed E-state index contributed by atoms with van der Waals surface area (Å²) in [6.07, 6.45) is 1.74. The Morgan fingerprint density at radius 2 is 2.06 bits per heavy atom. The van der Waals surface area contributed by atoms with Gasteiger partial charge in [0.05, 0.1) is 18.7 Å². The average molecular weight is 454 g/mol. The van der Waals surface area contributed by atoms with Crippen molar-refractivity contribution in [2.75, 3.05) is 20.3 Å². The largest absolute Gasteiger partial charge is 0.503 e. The fourth-order valence-electron chi connectivity index (χ4n) is 3.95. The van der Waals surface area contributed by atoms with Gasteiger partial charge in [0.25, 0.3) is 11.8 Å². The number of pyridine rings is 1. The van der Waals surface area contributed by atoms with Crippen molar-refractivity contribution in [2.24, 2.45) is 0 Å². The van der Waals surface area contributed by atoms with E-state index in [-0.39, 0.29) is 36.5 Å².